The molecule has 14 heteroatoms. The summed E-state index contributed by atoms with van der Waals surface area (Å²) in [5, 5.41) is 71.9. The van der Waals surface area contributed by atoms with Crippen molar-refractivity contribution >= 4 is 5.97 Å². The van der Waals surface area contributed by atoms with Gasteiger partial charge in [0.2, 0.25) is 0 Å². The molecule has 0 amide bonds. The number of hydrogen-bond donors (Lipinski definition) is 7. The quantitative estimate of drug-likeness (QED) is 0.0176. The van der Waals surface area contributed by atoms with Crippen molar-refractivity contribution in [1.29, 1.82) is 0 Å². The number of unbranched alkanes of at least 4 members (excludes halogenated alkanes) is 19. The van der Waals surface area contributed by atoms with E-state index >= 15 is 0 Å². The van der Waals surface area contributed by atoms with Gasteiger partial charge in [0.05, 0.1) is 26.4 Å². The first-order chi connectivity index (χ1) is 32.6. The van der Waals surface area contributed by atoms with Crippen LogP contribution in [0.3, 0.4) is 0 Å². The number of esters is 1. The Labute approximate surface area is 403 Å². The van der Waals surface area contributed by atoms with Crippen LogP contribution in [0.4, 0.5) is 0 Å². The minimum absolute atomic E-state index is 0.0612. The number of ether oxygens (including phenoxy) is 6. The summed E-state index contributed by atoms with van der Waals surface area (Å²) < 4.78 is 34.2. The SMILES string of the molecule is CC/C=C\C/C=C\C/C=C\C/C=C\CCCCCCCCCCCCCCCOCC(COC1OC(COC2OC(CO)C(O)C(O)C2O)C(O)C(O)C1O)OC(=O)CCCCCCCCC. The fraction of sp³-hybridized carbons (Fsp3) is 0.830. The lowest BCUT2D eigenvalue weighted by Gasteiger charge is -2.42. The highest BCUT2D eigenvalue weighted by atomic mass is 16.7. The van der Waals surface area contributed by atoms with Crippen molar-refractivity contribution in [2.75, 3.05) is 33.0 Å². The number of carbonyl (C=O) groups excluding carboxylic acids is 1. The topological polar surface area (TPSA) is 214 Å². The number of aliphatic hydroxyl groups excluding tert-OH is 7. The Balaban J connectivity index is 1.63. The maximum Gasteiger partial charge on any atom is 0.306 e. The van der Waals surface area contributed by atoms with E-state index in [-0.39, 0.29) is 25.6 Å². The van der Waals surface area contributed by atoms with Gasteiger partial charge in [0.1, 0.15) is 54.9 Å². The molecule has 0 aromatic carbocycles. The fourth-order valence-electron chi connectivity index (χ4n) is 8.10. The predicted octanol–water partition coefficient (Wildman–Crippen LogP) is 7.96. The Hall–Kier alpha value is -2.05. The van der Waals surface area contributed by atoms with E-state index in [0.29, 0.717) is 13.0 Å². The second kappa shape index (κ2) is 40.7. The van der Waals surface area contributed by atoms with Crippen LogP contribution < -0.4 is 0 Å². The largest absolute Gasteiger partial charge is 0.457 e. The minimum Gasteiger partial charge on any atom is -0.457 e. The van der Waals surface area contributed by atoms with Crippen LogP contribution in [-0.4, -0.2) is 142 Å². The Morgan fingerprint density at radius 1 is 0.507 bits per heavy atom. The van der Waals surface area contributed by atoms with E-state index in [0.717, 1.165) is 64.2 Å². The maximum absolute atomic E-state index is 12.9. The van der Waals surface area contributed by atoms with Gasteiger partial charge >= 0.3 is 5.97 Å². The van der Waals surface area contributed by atoms with Crippen molar-refractivity contribution in [2.24, 2.45) is 0 Å². The average Bonchev–Trinajstić information content (AvgIpc) is 3.32. The van der Waals surface area contributed by atoms with Gasteiger partial charge in [-0.25, -0.2) is 0 Å². The third kappa shape index (κ3) is 28.4. The summed E-state index contributed by atoms with van der Waals surface area (Å²) in [6.07, 6.45) is 30.7. The molecule has 11 unspecified atom stereocenters. The Bertz CT molecular complexity index is 1290. The molecule has 0 aliphatic carbocycles. The van der Waals surface area contributed by atoms with Crippen LogP contribution >= 0.6 is 0 Å². The lowest BCUT2D eigenvalue weighted by molar-refractivity contribution is -0.332. The minimum atomic E-state index is -1.70. The van der Waals surface area contributed by atoms with Gasteiger partial charge in [-0.3, -0.25) is 4.79 Å². The number of hydrogen-bond acceptors (Lipinski definition) is 14. The molecule has 2 aliphatic heterocycles. The number of carbonyl (C=O) groups is 1. The zero-order valence-corrected chi connectivity index (χ0v) is 41.4. The highest BCUT2D eigenvalue weighted by molar-refractivity contribution is 5.69. The van der Waals surface area contributed by atoms with Gasteiger partial charge in [0.15, 0.2) is 12.6 Å². The lowest BCUT2D eigenvalue weighted by Crippen LogP contribution is -2.61. The van der Waals surface area contributed by atoms with Crippen LogP contribution in [-0.2, 0) is 33.2 Å². The monoisotopic (exact) mass is 955 g/mol. The summed E-state index contributed by atoms with van der Waals surface area (Å²) in [6.45, 7) is 3.52. The summed E-state index contributed by atoms with van der Waals surface area (Å²) in [4.78, 5) is 12.9. The van der Waals surface area contributed by atoms with E-state index in [4.69, 9.17) is 28.4 Å². The first-order valence-electron chi connectivity index (χ1n) is 26.2. The van der Waals surface area contributed by atoms with Crippen molar-refractivity contribution in [3.05, 3.63) is 48.6 Å². The standard InChI is InChI=1S/C53H94O14/c1-3-5-7-9-11-12-13-14-15-16-17-18-19-20-21-22-23-24-25-26-27-28-29-31-33-35-37-62-39-42(65-45(55)36-34-32-30-10-8-6-4-2)40-63-52-51(61)49(59)47(57)44(67-52)41-64-53-50(60)48(58)46(56)43(38-54)66-53/h5,7,11-12,14-15,17-18,42-44,46-54,56-61H,3-4,6,8-10,13,16,19-41H2,1-2H3/b7-5-,12-11-,15-14-,18-17-. The normalized spacial score (nSPS) is 26.5. The van der Waals surface area contributed by atoms with Crippen molar-refractivity contribution in [1.82, 2.24) is 0 Å². The molecule has 0 aromatic rings. The number of allylic oxidation sites excluding steroid dienone is 8. The molecule has 0 saturated carbocycles. The summed E-state index contributed by atoms with van der Waals surface area (Å²) in [5.41, 5.74) is 0. The Morgan fingerprint density at radius 2 is 0.970 bits per heavy atom. The van der Waals surface area contributed by atoms with Gasteiger partial charge in [-0.05, 0) is 51.4 Å². The van der Waals surface area contributed by atoms with Crippen LogP contribution in [0, 0.1) is 0 Å². The summed E-state index contributed by atoms with van der Waals surface area (Å²) in [5.74, 6) is -0.384. The van der Waals surface area contributed by atoms with E-state index < -0.39 is 80.7 Å². The molecule has 0 bridgehead atoms. The molecule has 0 spiro atoms. The Morgan fingerprint density at radius 3 is 1.52 bits per heavy atom. The molecule has 11 atom stereocenters. The smallest absolute Gasteiger partial charge is 0.306 e. The van der Waals surface area contributed by atoms with Crippen molar-refractivity contribution in [3.8, 4) is 0 Å². The van der Waals surface area contributed by atoms with E-state index in [1.54, 1.807) is 0 Å². The third-order valence-corrected chi connectivity index (χ3v) is 12.4. The molecule has 14 nitrogen and oxygen atoms in total. The van der Waals surface area contributed by atoms with Crippen LogP contribution in [0.2, 0.25) is 0 Å². The van der Waals surface area contributed by atoms with Gasteiger partial charge in [-0.2, -0.15) is 0 Å². The predicted molar refractivity (Wildman–Crippen MR) is 261 cm³/mol. The molecule has 2 saturated heterocycles. The number of aliphatic hydroxyl groups is 7. The zero-order valence-electron chi connectivity index (χ0n) is 41.4. The Kier molecular flexibility index (Phi) is 37.1. The average molecular weight is 955 g/mol. The van der Waals surface area contributed by atoms with E-state index in [9.17, 15) is 40.5 Å². The van der Waals surface area contributed by atoms with Crippen LogP contribution in [0.5, 0.6) is 0 Å². The van der Waals surface area contributed by atoms with E-state index in [1.165, 1.54) is 89.9 Å². The van der Waals surface area contributed by atoms with Crippen molar-refractivity contribution in [2.45, 2.75) is 248 Å². The van der Waals surface area contributed by atoms with Crippen LogP contribution in [0.25, 0.3) is 0 Å². The summed E-state index contributed by atoms with van der Waals surface area (Å²) in [7, 11) is 0. The second-order valence-electron chi connectivity index (χ2n) is 18.3. The van der Waals surface area contributed by atoms with Crippen molar-refractivity contribution < 1.29 is 69.0 Å². The van der Waals surface area contributed by atoms with Crippen LogP contribution in [0.15, 0.2) is 48.6 Å². The summed E-state index contributed by atoms with van der Waals surface area (Å²) >= 11 is 0. The lowest BCUT2D eigenvalue weighted by atomic mass is 9.98. The van der Waals surface area contributed by atoms with Gasteiger partial charge < -0.3 is 64.2 Å². The molecule has 7 N–H and O–H groups in total. The van der Waals surface area contributed by atoms with E-state index in [2.05, 4.69) is 62.5 Å². The molecule has 0 aromatic heterocycles. The molecule has 2 rings (SSSR count). The molecule has 2 heterocycles. The van der Waals surface area contributed by atoms with Gasteiger partial charge in [0, 0.05) is 13.0 Å². The molecule has 2 aliphatic rings. The maximum atomic E-state index is 12.9. The molecule has 67 heavy (non-hydrogen) atoms. The molecular formula is C53H94O14. The zero-order chi connectivity index (χ0) is 48.7. The van der Waals surface area contributed by atoms with E-state index in [1.807, 2.05) is 0 Å². The molecule has 0 radical (unpaired) electrons. The highest BCUT2D eigenvalue weighted by Gasteiger charge is 2.47. The fourth-order valence-corrected chi connectivity index (χ4v) is 8.10. The summed E-state index contributed by atoms with van der Waals surface area (Å²) in [6, 6.07) is 0. The molecular weight excluding hydrogens is 861 g/mol. The molecule has 390 valence electrons. The van der Waals surface area contributed by atoms with Gasteiger partial charge in [0.25, 0.3) is 0 Å². The first-order valence-corrected chi connectivity index (χ1v) is 26.2. The third-order valence-electron chi connectivity index (χ3n) is 12.4. The van der Waals surface area contributed by atoms with Gasteiger partial charge in [-0.1, -0.05) is 172 Å². The second-order valence-corrected chi connectivity index (χ2v) is 18.3. The van der Waals surface area contributed by atoms with Crippen LogP contribution in [0.1, 0.15) is 181 Å². The number of rotatable bonds is 41. The first kappa shape index (κ1) is 61.1. The molecule has 2 fully saturated rings. The van der Waals surface area contributed by atoms with Crippen molar-refractivity contribution in [3.63, 3.8) is 0 Å². The van der Waals surface area contributed by atoms with Gasteiger partial charge in [-0.15, -0.1) is 0 Å². The highest BCUT2D eigenvalue weighted by Crippen LogP contribution is 2.26.